The summed E-state index contributed by atoms with van der Waals surface area (Å²) < 4.78 is 25.7. The lowest BCUT2D eigenvalue weighted by molar-refractivity contribution is 0.101. The molecule has 0 aliphatic heterocycles. The summed E-state index contributed by atoms with van der Waals surface area (Å²) in [5, 5.41) is 11.9. The standard InChI is InChI=1S/C22H17Cl2FN4O3/c1-13-19(12-31-18-4-2-3-16(25)8-18)21(28-32-13)22(30)27-17-9-26-29(11-17)10-14-5-6-15(23)7-20(14)24/h2-9,11H,10,12H2,1H3,(H,27,30). The molecule has 0 bridgehead atoms. The van der Waals surface area contributed by atoms with Crippen LogP contribution in [0.1, 0.15) is 27.4 Å². The first-order chi connectivity index (χ1) is 15.4. The van der Waals surface area contributed by atoms with Gasteiger partial charge in [0.2, 0.25) is 0 Å². The van der Waals surface area contributed by atoms with Crippen LogP contribution in [0.15, 0.2) is 59.4 Å². The summed E-state index contributed by atoms with van der Waals surface area (Å²) in [7, 11) is 0. The van der Waals surface area contributed by atoms with E-state index in [0.29, 0.717) is 39.4 Å². The molecule has 0 unspecified atom stereocenters. The first-order valence-electron chi connectivity index (χ1n) is 9.50. The van der Waals surface area contributed by atoms with Crippen molar-refractivity contribution in [3.8, 4) is 5.75 Å². The fraction of sp³-hybridized carbons (Fsp3) is 0.136. The van der Waals surface area contributed by atoms with Gasteiger partial charge in [-0.25, -0.2) is 4.39 Å². The molecule has 2 aromatic heterocycles. The number of hydrogen-bond donors (Lipinski definition) is 1. The number of halogens is 3. The van der Waals surface area contributed by atoms with Crippen LogP contribution in [0.3, 0.4) is 0 Å². The Morgan fingerprint density at radius 1 is 1.25 bits per heavy atom. The number of benzene rings is 2. The highest BCUT2D eigenvalue weighted by Gasteiger charge is 2.21. The topological polar surface area (TPSA) is 82.2 Å². The number of carbonyl (C=O) groups is 1. The van der Waals surface area contributed by atoms with Gasteiger partial charge in [0, 0.05) is 22.3 Å². The summed E-state index contributed by atoms with van der Waals surface area (Å²) in [6.45, 7) is 2.07. The van der Waals surface area contributed by atoms with Crippen molar-refractivity contribution in [1.29, 1.82) is 0 Å². The second kappa shape index (κ2) is 9.42. The van der Waals surface area contributed by atoms with Crippen molar-refractivity contribution >= 4 is 34.8 Å². The molecule has 10 heteroatoms. The van der Waals surface area contributed by atoms with Crippen molar-refractivity contribution in [3.05, 3.63) is 93.3 Å². The summed E-state index contributed by atoms with van der Waals surface area (Å²) in [6, 6.07) is 10.9. The molecule has 0 aliphatic rings. The molecule has 0 atom stereocenters. The lowest BCUT2D eigenvalue weighted by Crippen LogP contribution is -2.15. The summed E-state index contributed by atoms with van der Waals surface area (Å²) in [4.78, 5) is 12.8. The quantitative estimate of drug-likeness (QED) is 0.382. The summed E-state index contributed by atoms with van der Waals surface area (Å²) >= 11 is 12.1. The number of aryl methyl sites for hydroxylation is 1. The van der Waals surface area contributed by atoms with Crippen LogP contribution in [0, 0.1) is 12.7 Å². The summed E-state index contributed by atoms with van der Waals surface area (Å²) in [5.74, 6) is -0.137. The molecular formula is C22H17Cl2FN4O3. The van der Waals surface area contributed by atoms with Crippen LogP contribution < -0.4 is 10.1 Å². The number of anilines is 1. The average molecular weight is 475 g/mol. The van der Waals surface area contributed by atoms with E-state index in [2.05, 4.69) is 15.6 Å². The maximum atomic E-state index is 13.3. The minimum atomic E-state index is -0.483. The first kappa shape index (κ1) is 21.9. The van der Waals surface area contributed by atoms with Crippen molar-refractivity contribution in [2.24, 2.45) is 0 Å². The molecule has 1 amide bonds. The Labute approximate surface area is 192 Å². The van der Waals surface area contributed by atoms with Crippen molar-refractivity contribution in [1.82, 2.24) is 14.9 Å². The third-order valence-corrected chi connectivity index (χ3v) is 5.20. The predicted molar refractivity (Wildman–Crippen MR) is 118 cm³/mol. The van der Waals surface area contributed by atoms with E-state index in [4.69, 9.17) is 32.5 Å². The fourth-order valence-electron chi connectivity index (χ4n) is 2.98. The van der Waals surface area contributed by atoms with Crippen LogP contribution in [-0.2, 0) is 13.2 Å². The fourth-order valence-corrected chi connectivity index (χ4v) is 3.45. The second-order valence-corrected chi connectivity index (χ2v) is 7.77. The van der Waals surface area contributed by atoms with Gasteiger partial charge in [0.15, 0.2) is 5.69 Å². The smallest absolute Gasteiger partial charge is 0.278 e. The van der Waals surface area contributed by atoms with Crippen LogP contribution in [0.2, 0.25) is 10.0 Å². The van der Waals surface area contributed by atoms with E-state index in [1.165, 1.54) is 24.4 Å². The Bertz CT molecular complexity index is 1270. The van der Waals surface area contributed by atoms with Crippen LogP contribution in [0.5, 0.6) is 5.75 Å². The normalized spacial score (nSPS) is 10.9. The maximum Gasteiger partial charge on any atom is 0.278 e. The molecule has 7 nitrogen and oxygen atoms in total. The van der Waals surface area contributed by atoms with Gasteiger partial charge >= 0.3 is 0 Å². The van der Waals surface area contributed by atoms with E-state index in [0.717, 1.165) is 5.56 Å². The van der Waals surface area contributed by atoms with Gasteiger partial charge in [0.25, 0.3) is 5.91 Å². The van der Waals surface area contributed by atoms with E-state index in [1.807, 2.05) is 6.07 Å². The summed E-state index contributed by atoms with van der Waals surface area (Å²) in [5.41, 5.74) is 1.85. The number of amides is 1. The van der Waals surface area contributed by atoms with Crippen molar-refractivity contribution in [2.45, 2.75) is 20.1 Å². The molecular weight excluding hydrogens is 458 g/mol. The molecule has 32 heavy (non-hydrogen) atoms. The van der Waals surface area contributed by atoms with Crippen LogP contribution >= 0.6 is 23.2 Å². The van der Waals surface area contributed by atoms with Crippen molar-refractivity contribution < 1.29 is 18.4 Å². The zero-order valence-corrected chi connectivity index (χ0v) is 18.3. The van der Waals surface area contributed by atoms with E-state index >= 15 is 0 Å². The van der Waals surface area contributed by atoms with Gasteiger partial charge in [0.1, 0.15) is 23.9 Å². The Balaban J connectivity index is 1.43. The van der Waals surface area contributed by atoms with E-state index in [1.54, 1.807) is 36.0 Å². The largest absolute Gasteiger partial charge is 0.489 e. The molecule has 0 saturated carbocycles. The monoisotopic (exact) mass is 474 g/mol. The lowest BCUT2D eigenvalue weighted by Gasteiger charge is -2.07. The molecule has 0 radical (unpaired) electrons. The minimum absolute atomic E-state index is 0.00410. The highest BCUT2D eigenvalue weighted by atomic mass is 35.5. The molecule has 164 valence electrons. The number of ether oxygens (including phenoxy) is 1. The zero-order valence-electron chi connectivity index (χ0n) is 16.8. The molecule has 4 aromatic rings. The van der Waals surface area contributed by atoms with E-state index in [-0.39, 0.29) is 12.3 Å². The SMILES string of the molecule is Cc1onc(C(=O)Nc2cnn(Cc3ccc(Cl)cc3Cl)c2)c1COc1cccc(F)c1. The van der Waals surface area contributed by atoms with Crippen molar-refractivity contribution in [2.75, 3.05) is 5.32 Å². The minimum Gasteiger partial charge on any atom is -0.489 e. The zero-order chi connectivity index (χ0) is 22.7. The Hall–Kier alpha value is -3.36. The van der Waals surface area contributed by atoms with Crippen LogP contribution in [0.4, 0.5) is 10.1 Å². The number of nitrogens with one attached hydrogen (secondary N) is 1. The molecule has 1 N–H and O–H groups in total. The van der Waals surface area contributed by atoms with E-state index < -0.39 is 11.7 Å². The highest BCUT2D eigenvalue weighted by molar-refractivity contribution is 6.35. The number of carbonyl (C=O) groups excluding carboxylic acids is 1. The van der Waals surface area contributed by atoms with Crippen LogP contribution in [-0.4, -0.2) is 20.8 Å². The maximum absolute atomic E-state index is 13.3. The van der Waals surface area contributed by atoms with E-state index in [9.17, 15) is 9.18 Å². The number of aromatic nitrogens is 3. The molecule has 2 heterocycles. The van der Waals surface area contributed by atoms with Gasteiger partial charge in [-0.1, -0.05) is 40.5 Å². The molecule has 4 rings (SSSR count). The molecule has 2 aromatic carbocycles. The lowest BCUT2D eigenvalue weighted by atomic mass is 10.2. The molecule has 0 fully saturated rings. The number of hydrogen-bond acceptors (Lipinski definition) is 5. The molecule has 0 spiro atoms. The third kappa shape index (κ3) is 5.09. The third-order valence-electron chi connectivity index (χ3n) is 4.62. The van der Waals surface area contributed by atoms with Gasteiger partial charge in [0.05, 0.1) is 24.0 Å². The Kier molecular flexibility index (Phi) is 6.43. The first-order valence-corrected chi connectivity index (χ1v) is 10.3. The van der Waals surface area contributed by atoms with Crippen LogP contribution in [0.25, 0.3) is 0 Å². The number of nitrogens with zero attached hydrogens (tertiary/aromatic N) is 3. The van der Waals surface area contributed by atoms with Gasteiger partial charge in [-0.2, -0.15) is 5.10 Å². The van der Waals surface area contributed by atoms with Gasteiger partial charge in [-0.15, -0.1) is 0 Å². The van der Waals surface area contributed by atoms with Gasteiger partial charge < -0.3 is 14.6 Å². The predicted octanol–water partition coefficient (Wildman–Crippen LogP) is 5.51. The molecule has 0 aliphatic carbocycles. The highest BCUT2D eigenvalue weighted by Crippen LogP contribution is 2.23. The average Bonchev–Trinajstić information content (AvgIpc) is 3.34. The summed E-state index contributed by atoms with van der Waals surface area (Å²) in [6.07, 6.45) is 3.18. The number of rotatable bonds is 7. The Morgan fingerprint density at radius 3 is 2.88 bits per heavy atom. The molecule has 0 saturated heterocycles. The van der Waals surface area contributed by atoms with Crippen molar-refractivity contribution in [3.63, 3.8) is 0 Å². The second-order valence-electron chi connectivity index (χ2n) is 6.93. The Morgan fingerprint density at radius 2 is 2.09 bits per heavy atom. The van der Waals surface area contributed by atoms with Gasteiger partial charge in [-0.05, 0) is 36.8 Å². The van der Waals surface area contributed by atoms with Gasteiger partial charge in [-0.3, -0.25) is 9.48 Å².